The standard InChI is InChI=1S/C19H23NO4S/c1-4-11(2)24-19(22)16-14-7-5-6-8-15(14)25-18(16)20-17(21)13-9-10-23-12(13)3/h9-11H,4-8H2,1-3H3,(H,20,21). The smallest absolute Gasteiger partial charge is 0.341 e. The molecule has 0 saturated heterocycles. The lowest BCUT2D eigenvalue weighted by Gasteiger charge is -2.15. The molecule has 0 radical (unpaired) electrons. The first-order chi connectivity index (χ1) is 12.0. The topological polar surface area (TPSA) is 68.5 Å². The third kappa shape index (κ3) is 3.63. The highest BCUT2D eigenvalue weighted by molar-refractivity contribution is 7.17. The van der Waals surface area contributed by atoms with Crippen LogP contribution in [0.1, 0.15) is 70.0 Å². The summed E-state index contributed by atoms with van der Waals surface area (Å²) in [5, 5.41) is 3.49. The summed E-state index contributed by atoms with van der Waals surface area (Å²) < 4.78 is 10.7. The maximum atomic E-state index is 12.7. The van der Waals surface area contributed by atoms with E-state index < -0.39 is 0 Å². The lowest BCUT2D eigenvalue weighted by atomic mass is 9.95. The average Bonchev–Trinajstić information content (AvgIpc) is 3.17. The summed E-state index contributed by atoms with van der Waals surface area (Å²) in [5.74, 6) is -0.0436. The Morgan fingerprint density at radius 3 is 2.80 bits per heavy atom. The normalized spacial score (nSPS) is 14.7. The van der Waals surface area contributed by atoms with Gasteiger partial charge >= 0.3 is 5.97 Å². The number of thiophene rings is 1. The number of rotatable bonds is 5. The van der Waals surface area contributed by atoms with Crippen LogP contribution >= 0.6 is 11.3 Å². The second-order valence-electron chi connectivity index (χ2n) is 6.38. The molecule has 1 N–H and O–H groups in total. The zero-order chi connectivity index (χ0) is 18.0. The molecule has 2 aromatic heterocycles. The fourth-order valence-corrected chi connectivity index (χ4v) is 4.26. The molecule has 3 rings (SSSR count). The van der Waals surface area contributed by atoms with E-state index in [1.807, 2.05) is 13.8 Å². The van der Waals surface area contributed by atoms with Crippen molar-refractivity contribution < 1.29 is 18.7 Å². The van der Waals surface area contributed by atoms with Gasteiger partial charge < -0.3 is 14.5 Å². The van der Waals surface area contributed by atoms with E-state index >= 15 is 0 Å². The third-order valence-electron chi connectivity index (χ3n) is 4.59. The Bertz CT molecular complexity index is 789. The number of fused-ring (bicyclic) bond motifs is 1. The van der Waals surface area contributed by atoms with Crippen molar-refractivity contribution in [3.63, 3.8) is 0 Å². The van der Waals surface area contributed by atoms with Crippen molar-refractivity contribution in [3.05, 3.63) is 39.7 Å². The maximum absolute atomic E-state index is 12.7. The monoisotopic (exact) mass is 361 g/mol. The Labute approximate surface area is 151 Å². The number of hydrogen-bond acceptors (Lipinski definition) is 5. The fraction of sp³-hybridized carbons (Fsp3) is 0.474. The summed E-state index contributed by atoms with van der Waals surface area (Å²) in [6, 6.07) is 1.63. The van der Waals surface area contributed by atoms with Gasteiger partial charge in [-0.05, 0) is 57.6 Å². The molecular weight excluding hydrogens is 338 g/mol. The van der Waals surface area contributed by atoms with Crippen LogP contribution in [-0.4, -0.2) is 18.0 Å². The molecule has 2 aromatic rings. The van der Waals surface area contributed by atoms with Crippen molar-refractivity contribution in [2.24, 2.45) is 0 Å². The van der Waals surface area contributed by atoms with Crippen molar-refractivity contribution in [1.82, 2.24) is 0 Å². The van der Waals surface area contributed by atoms with Gasteiger partial charge in [0.1, 0.15) is 10.8 Å². The molecule has 25 heavy (non-hydrogen) atoms. The number of anilines is 1. The molecule has 0 bridgehead atoms. The molecule has 5 nitrogen and oxygen atoms in total. The molecule has 2 heterocycles. The third-order valence-corrected chi connectivity index (χ3v) is 5.80. The second-order valence-corrected chi connectivity index (χ2v) is 7.49. The quantitative estimate of drug-likeness (QED) is 0.781. The molecule has 1 aliphatic rings. The molecular formula is C19H23NO4S. The molecule has 1 atom stereocenters. The van der Waals surface area contributed by atoms with Crippen LogP contribution in [0.25, 0.3) is 0 Å². The summed E-state index contributed by atoms with van der Waals surface area (Å²) in [6.45, 7) is 5.60. The minimum Gasteiger partial charge on any atom is -0.469 e. The molecule has 134 valence electrons. The highest BCUT2D eigenvalue weighted by Crippen LogP contribution is 2.39. The first kappa shape index (κ1) is 17.7. The van der Waals surface area contributed by atoms with Gasteiger partial charge in [-0.25, -0.2) is 4.79 Å². The van der Waals surface area contributed by atoms with Crippen LogP contribution in [0.4, 0.5) is 5.00 Å². The average molecular weight is 361 g/mol. The van der Waals surface area contributed by atoms with Crippen molar-refractivity contribution in [1.29, 1.82) is 0 Å². The molecule has 0 spiro atoms. The highest BCUT2D eigenvalue weighted by Gasteiger charge is 2.28. The predicted molar refractivity (Wildman–Crippen MR) is 97.5 cm³/mol. The summed E-state index contributed by atoms with van der Waals surface area (Å²) >= 11 is 1.49. The Morgan fingerprint density at radius 1 is 1.36 bits per heavy atom. The molecule has 0 aliphatic heterocycles. The van der Waals surface area contributed by atoms with E-state index in [1.54, 1.807) is 13.0 Å². The van der Waals surface area contributed by atoms with Crippen LogP contribution in [0.15, 0.2) is 16.7 Å². The van der Waals surface area contributed by atoms with Gasteiger partial charge in [-0.15, -0.1) is 11.3 Å². The van der Waals surface area contributed by atoms with Crippen LogP contribution in [0, 0.1) is 6.92 Å². The lowest BCUT2D eigenvalue weighted by molar-refractivity contribution is 0.0335. The van der Waals surface area contributed by atoms with Crippen LogP contribution < -0.4 is 5.32 Å². The van der Waals surface area contributed by atoms with Gasteiger partial charge in [0.15, 0.2) is 0 Å². The summed E-state index contributed by atoms with van der Waals surface area (Å²) in [6.07, 6.45) is 6.08. The zero-order valence-corrected chi connectivity index (χ0v) is 15.6. The van der Waals surface area contributed by atoms with Gasteiger partial charge in [0.05, 0.1) is 23.5 Å². The maximum Gasteiger partial charge on any atom is 0.341 e. The number of amides is 1. The fourth-order valence-electron chi connectivity index (χ4n) is 2.99. The molecule has 6 heteroatoms. The SMILES string of the molecule is CCC(C)OC(=O)c1c(NC(=O)c2ccoc2C)sc2c1CCCC2. The van der Waals surface area contributed by atoms with Gasteiger partial charge in [-0.2, -0.15) is 0 Å². The van der Waals surface area contributed by atoms with Gasteiger partial charge in [-0.3, -0.25) is 4.79 Å². The van der Waals surface area contributed by atoms with Crippen molar-refractivity contribution in [2.75, 3.05) is 5.32 Å². The van der Waals surface area contributed by atoms with E-state index in [0.717, 1.165) is 37.7 Å². The van der Waals surface area contributed by atoms with E-state index in [1.165, 1.54) is 22.5 Å². The summed E-state index contributed by atoms with van der Waals surface area (Å²) in [7, 11) is 0. The van der Waals surface area contributed by atoms with Crippen LogP contribution in [-0.2, 0) is 17.6 Å². The summed E-state index contributed by atoms with van der Waals surface area (Å²) in [5.41, 5.74) is 2.06. The predicted octanol–water partition coefficient (Wildman–Crippen LogP) is 4.74. The molecule has 1 unspecified atom stereocenters. The van der Waals surface area contributed by atoms with Crippen LogP contribution in [0.3, 0.4) is 0 Å². The first-order valence-corrected chi connectivity index (χ1v) is 9.53. The largest absolute Gasteiger partial charge is 0.469 e. The summed E-state index contributed by atoms with van der Waals surface area (Å²) in [4.78, 5) is 26.4. The number of hydrogen-bond donors (Lipinski definition) is 1. The minimum absolute atomic E-state index is 0.147. The Hall–Kier alpha value is -2.08. The molecule has 0 saturated carbocycles. The highest BCUT2D eigenvalue weighted by atomic mass is 32.1. The van der Waals surface area contributed by atoms with E-state index in [9.17, 15) is 9.59 Å². The van der Waals surface area contributed by atoms with Gasteiger partial charge in [0.25, 0.3) is 5.91 Å². The Morgan fingerprint density at radius 2 is 2.12 bits per heavy atom. The molecule has 0 fully saturated rings. The van der Waals surface area contributed by atoms with E-state index in [4.69, 9.17) is 9.15 Å². The minimum atomic E-state index is -0.340. The van der Waals surface area contributed by atoms with Crippen molar-refractivity contribution in [3.8, 4) is 0 Å². The van der Waals surface area contributed by atoms with E-state index in [0.29, 0.717) is 21.9 Å². The number of aryl methyl sites for hydroxylation is 2. The van der Waals surface area contributed by atoms with Crippen LogP contribution in [0.5, 0.6) is 0 Å². The number of carbonyl (C=O) groups excluding carboxylic acids is 2. The number of ether oxygens (including phenoxy) is 1. The van der Waals surface area contributed by atoms with E-state index in [-0.39, 0.29) is 18.0 Å². The van der Waals surface area contributed by atoms with Gasteiger partial charge in [-0.1, -0.05) is 6.92 Å². The number of esters is 1. The van der Waals surface area contributed by atoms with Crippen molar-refractivity contribution >= 4 is 28.2 Å². The number of carbonyl (C=O) groups is 2. The van der Waals surface area contributed by atoms with Crippen molar-refractivity contribution in [2.45, 2.75) is 59.0 Å². The van der Waals surface area contributed by atoms with Gasteiger partial charge in [0.2, 0.25) is 0 Å². The number of nitrogens with one attached hydrogen (secondary N) is 1. The second kappa shape index (κ2) is 7.44. The Balaban J connectivity index is 1.92. The van der Waals surface area contributed by atoms with Gasteiger partial charge in [0, 0.05) is 4.88 Å². The number of furan rings is 1. The molecule has 1 amide bonds. The lowest BCUT2D eigenvalue weighted by Crippen LogP contribution is -2.19. The van der Waals surface area contributed by atoms with E-state index in [2.05, 4.69) is 5.32 Å². The Kier molecular flexibility index (Phi) is 5.27. The molecule has 1 aliphatic carbocycles. The molecule has 0 aromatic carbocycles. The zero-order valence-electron chi connectivity index (χ0n) is 14.8. The van der Waals surface area contributed by atoms with Crippen LogP contribution in [0.2, 0.25) is 0 Å². The first-order valence-electron chi connectivity index (χ1n) is 8.72.